The van der Waals surface area contributed by atoms with Crippen molar-refractivity contribution >= 4 is 56.5 Å². The van der Waals surface area contributed by atoms with Crippen molar-refractivity contribution < 1.29 is 17.5 Å². The molecule has 0 aliphatic heterocycles. The van der Waals surface area contributed by atoms with Gasteiger partial charge in [-0.25, -0.2) is 0 Å². The highest BCUT2D eigenvalue weighted by Gasteiger charge is 1.88. The van der Waals surface area contributed by atoms with Crippen LogP contribution < -0.4 is 0 Å². The maximum absolute atomic E-state index is 8.74. The molecule has 0 atom stereocenters. The van der Waals surface area contributed by atoms with E-state index in [2.05, 4.69) is 44.7 Å². The zero-order valence-electron chi connectivity index (χ0n) is 8.14. The monoisotopic (exact) mass is 290 g/mol. The predicted molar refractivity (Wildman–Crippen MR) is 70.0 cm³/mol. The van der Waals surface area contributed by atoms with E-state index in [9.17, 15) is 0 Å². The topological polar surface area (TPSA) is 99.3 Å². The van der Waals surface area contributed by atoms with E-state index >= 15 is 0 Å². The summed E-state index contributed by atoms with van der Waals surface area (Å²) in [4.78, 5) is 7.57. The average molecular weight is 290 g/mol. The molecule has 2 N–H and O–H groups in total. The predicted octanol–water partition coefficient (Wildman–Crippen LogP) is 2.50. The van der Waals surface area contributed by atoms with E-state index in [1.165, 1.54) is 0 Å². The molecule has 1 rings (SSSR count). The van der Waals surface area contributed by atoms with Crippen molar-refractivity contribution in [1.29, 1.82) is 0 Å². The van der Waals surface area contributed by atoms with Crippen molar-refractivity contribution in [3.05, 3.63) is 24.3 Å². The second-order valence-corrected chi connectivity index (χ2v) is 3.63. The van der Waals surface area contributed by atoms with Crippen LogP contribution >= 0.6 is 24.4 Å². The highest BCUT2D eigenvalue weighted by atomic mass is 32.3. The Labute approximate surface area is 108 Å². The molecule has 17 heavy (non-hydrogen) atoms. The molecule has 0 aliphatic rings. The lowest BCUT2D eigenvalue weighted by molar-refractivity contribution is 0.381. The minimum Gasteiger partial charge on any atom is -0.264 e. The Hall–Kier alpha value is -1.31. The van der Waals surface area contributed by atoms with E-state index in [-0.39, 0.29) is 0 Å². The van der Waals surface area contributed by atoms with Gasteiger partial charge in [0.05, 0.1) is 21.7 Å². The third kappa shape index (κ3) is 11.0. The number of hydrogen-bond donors (Lipinski definition) is 2. The molecule has 0 radical (unpaired) electrons. The van der Waals surface area contributed by atoms with Crippen molar-refractivity contribution in [2.24, 2.45) is 9.98 Å². The van der Waals surface area contributed by atoms with Crippen molar-refractivity contribution in [3.63, 3.8) is 0 Å². The van der Waals surface area contributed by atoms with Gasteiger partial charge in [0.1, 0.15) is 0 Å². The molecule has 1 aromatic carbocycles. The Morgan fingerprint density at radius 1 is 0.941 bits per heavy atom. The molecule has 0 unspecified atom stereocenters. The van der Waals surface area contributed by atoms with Crippen molar-refractivity contribution in [2.75, 3.05) is 0 Å². The molecule has 0 bridgehead atoms. The van der Waals surface area contributed by atoms with Crippen LogP contribution in [0.5, 0.6) is 0 Å². The van der Waals surface area contributed by atoms with E-state index in [0.29, 0.717) is 0 Å². The van der Waals surface area contributed by atoms with Gasteiger partial charge in [-0.15, -0.1) is 0 Å². The first-order valence-electron chi connectivity index (χ1n) is 3.82. The molecule has 90 valence electrons. The van der Waals surface area contributed by atoms with Crippen molar-refractivity contribution in [2.45, 2.75) is 0 Å². The van der Waals surface area contributed by atoms with E-state index in [1.807, 2.05) is 0 Å². The summed E-state index contributed by atoms with van der Waals surface area (Å²) in [6.07, 6.45) is 0. The van der Waals surface area contributed by atoms with E-state index < -0.39 is 10.4 Å². The maximum atomic E-state index is 8.74. The standard InChI is InChI=1S/C8H4N2S2.H2O4S/c11-5-9-7-1-2-8(4-3-7)10-6-12;1-5(2,3)4/h1-4H;(H2,1,2,3,4). The van der Waals surface area contributed by atoms with Crippen LogP contribution in [0, 0.1) is 0 Å². The van der Waals surface area contributed by atoms with Crippen LogP contribution in [0.25, 0.3) is 0 Å². The summed E-state index contributed by atoms with van der Waals surface area (Å²) >= 11 is 8.90. The summed E-state index contributed by atoms with van der Waals surface area (Å²) in [6.45, 7) is 0. The van der Waals surface area contributed by atoms with Crippen LogP contribution in [0.1, 0.15) is 0 Å². The van der Waals surface area contributed by atoms with Crippen molar-refractivity contribution in [3.8, 4) is 0 Å². The molecule has 0 saturated heterocycles. The summed E-state index contributed by atoms with van der Waals surface area (Å²) in [6, 6.07) is 7.13. The number of rotatable bonds is 2. The molecular weight excluding hydrogens is 284 g/mol. The van der Waals surface area contributed by atoms with Gasteiger partial charge in [0, 0.05) is 0 Å². The summed E-state index contributed by atoms with van der Waals surface area (Å²) in [5.41, 5.74) is 1.52. The lowest BCUT2D eigenvalue weighted by atomic mass is 10.3. The quantitative estimate of drug-likeness (QED) is 0.493. The lowest BCUT2D eigenvalue weighted by Gasteiger charge is -1.90. The highest BCUT2D eigenvalue weighted by Crippen LogP contribution is 2.17. The molecule has 0 amide bonds. The van der Waals surface area contributed by atoms with Gasteiger partial charge in [0.15, 0.2) is 0 Å². The van der Waals surface area contributed by atoms with Crippen LogP contribution in [0.2, 0.25) is 0 Å². The van der Waals surface area contributed by atoms with Crippen LogP contribution in [0.15, 0.2) is 34.3 Å². The Kier molecular flexibility index (Phi) is 7.27. The van der Waals surface area contributed by atoms with Gasteiger partial charge in [-0.05, 0) is 48.7 Å². The third-order valence-corrected chi connectivity index (χ3v) is 1.38. The second-order valence-electron chi connectivity index (χ2n) is 2.37. The summed E-state index contributed by atoms with van der Waals surface area (Å²) in [5.74, 6) is 0. The van der Waals surface area contributed by atoms with Crippen LogP contribution in [0.3, 0.4) is 0 Å². The first-order valence-corrected chi connectivity index (χ1v) is 6.04. The third-order valence-electron chi connectivity index (χ3n) is 1.20. The molecule has 0 aromatic heterocycles. The fraction of sp³-hybridized carbons (Fsp3) is 0. The van der Waals surface area contributed by atoms with Crippen LogP contribution in [-0.2, 0) is 10.4 Å². The average Bonchev–Trinajstić information content (AvgIpc) is 2.19. The molecule has 0 heterocycles. The van der Waals surface area contributed by atoms with Crippen LogP contribution in [0.4, 0.5) is 11.4 Å². The van der Waals surface area contributed by atoms with Gasteiger partial charge in [-0.1, -0.05) is 0 Å². The van der Waals surface area contributed by atoms with Gasteiger partial charge in [-0.3, -0.25) is 9.11 Å². The minimum atomic E-state index is -4.67. The van der Waals surface area contributed by atoms with Crippen molar-refractivity contribution in [1.82, 2.24) is 0 Å². The molecule has 0 aliphatic carbocycles. The van der Waals surface area contributed by atoms with Gasteiger partial charge < -0.3 is 0 Å². The Morgan fingerprint density at radius 3 is 1.35 bits per heavy atom. The second kappa shape index (κ2) is 7.88. The maximum Gasteiger partial charge on any atom is 0.394 e. The number of hydrogen-bond acceptors (Lipinski definition) is 6. The number of aliphatic imine (C=N–C) groups is 2. The van der Waals surface area contributed by atoms with Gasteiger partial charge >= 0.3 is 10.4 Å². The molecule has 9 heteroatoms. The largest absolute Gasteiger partial charge is 0.394 e. The Balaban J connectivity index is 0.000000437. The Bertz CT molecular complexity index is 510. The highest BCUT2D eigenvalue weighted by molar-refractivity contribution is 7.80. The first kappa shape index (κ1) is 15.7. The molecular formula is C8H6N2O4S3. The number of nitrogens with zero attached hydrogens (tertiary/aromatic N) is 2. The number of benzene rings is 1. The SMILES string of the molecule is O=S(=O)(O)O.S=C=Nc1ccc(N=C=S)cc1. The first-order chi connectivity index (χ1) is 7.86. The summed E-state index contributed by atoms with van der Waals surface area (Å²) < 4.78 is 31.6. The molecule has 0 saturated carbocycles. The number of isothiocyanates is 2. The molecule has 0 spiro atoms. The van der Waals surface area contributed by atoms with Gasteiger partial charge in [0.25, 0.3) is 0 Å². The fourth-order valence-electron chi connectivity index (χ4n) is 0.707. The smallest absolute Gasteiger partial charge is 0.264 e. The molecule has 0 fully saturated rings. The van der Waals surface area contributed by atoms with Gasteiger partial charge in [0.2, 0.25) is 0 Å². The van der Waals surface area contributed by atoms with E-state index in [4.69, 9.17) is 17.5 Å². The van der Waals surface area contributed by atoms with Gasteiger partial charge in [-0.2, -0.15) is 18.4 Å². The van der Waals surface area contributed by atoms with Crippen LogP contribution in [-0.4, -0.2) is 27.8 Å². The minimum absolute atomic E-state index is 0.758. The fourth-order valence-corrected chi connectivity index (χ4v) is 0.918. The summed E-state index contributed by atoms with van der Waals surface area (Å²) in [7, 11) is -4.67. The zero-order valence-corrected chi connectivity index (χ0v) is 10.6. The Morgan fingerprint density at radius 2 is 1.18 bits per heavy atom. The zero-order chi connectivity index (χ0) is 13.3. The molecule has 6 nitrogen and oxygen atoms in total. The summed E-state index contributed by atoms with van der Waals surface area (Å²) in [5, 5.41) is 4.55. The molecule has 1 aromatic rings. The van der Waals surface area contributed by atoms with E-state index in [0.717, 1.165) is 11.4 Å². The lowest BCUT2D eigenvalue weighted by Crippen LogP contribution is -1.89. The van der Waals surface area contributed by atoms with E-state index in [1.54, 1.807) is 24.3 Å². The number of thiocarbonyl (C=S) groups is 2. The normalized spacial score (nSPS) is 9.06.